The second kappa shape index (κ2) is 5.35. The first kappa shape index (κ1) is 13.0. The van der Waals surface area contributed by atoms with E-state index in [0.29, 0.717) is 12.0 Å². The fraction of sp³-hybridized carbons (Fsp3) is 0.385. The van der Waals surface area contributed by atoms with E-state index in [-0.39, 0.29) is 18.2 Å². The van der Waals surface area contributed by atoms with E-state index in [1.165, 1.54) is 0 Å². The summed E-state index contributed by atoms with van der Waals surface area (Å²) in [6.45, 7) is 5.75. The molecule has 90 valence electrons. The van der Waals surface area contributed by atoms with Crippen LogP contribution in [0.5, 0.6) is 0 Å². The molecule has 0 unspecified atom stereocenters. The van der Waals surface area contributed by atoms with Gasteiger partial charge in [-0.2, -0.15) is 0 Å². The average Bonchev–Trinajstić information content (AvgIpc) is 2.70. The van der Waals surface area contributed by atoms with Crippen LogP contribution < -0.4 is 5.32 Å². The highest BCUT2D eigenvalue weighted by molar-refractivity contribution is 5.81. The zero-order valence-electron chi connectivity index (χ0n) is 10.2. The van der Waals surface area contributed by atoms with Gasteiger partial charge in [0.05, 0.1) is 6.54 Å². The predicted molar refractivity (Wildman–Crippen MR) is 63.4 cm³/mol. The molecule has 1 N–H and O–H groups in total. The van der Waals surface area contributed by atoms with Crippen molar-refractivity contribution in [3.8, 4) is 11.8 Å². The third kappa shape index (κ3) is 4.15. The summed E-state index contributed by atoms with van der Waals surface area (Å²) >= 11 is 0. The molecule has 0 aliphatic heterocycles. The normalized spacial score (nSPS) is 10.3. The number of furan rings is 1. The third-order valence-electron chi connectivity index (χ3n) is 1.97. The fourth-order valence-corrected chi connectivity index (χ4v) is 1.00. The van der Waals surface area contributed by atoms with Crippen LogP contribution in [-0.4, -0.2) is 18.7 Å². The Kier molecular flexibility index (Phi) is 4.11. The summed E-state index contributed by atoms with van der Waals surface area (Å²) in [6, 6.07) is 3.16. The lowest BCUT2D eigenvalue weighted by atomic mass is 9.96. The number of hydrogen-bond donors (Lipinski definition) is 1. The second-order valence-electron chi connectivity index (χ2n) is 4.55. The van der Waals surface area contributed by atoms with Crippen molar-refractivity contribution in [3.05, 3.63) is 23.7 Å². The van der Waals surface area contributed by atoms with Crippen LogP contribution in [0.4, 0.5) is 0 Å². The first-order valence-corrected chi connectivity index (χ1v) is 5.25. The van der Waals surface area contributed by atoms with E-state index in [4.69, 9.17) is 4.42 Å². The van der Waals surface area contributed by atoms with Gasteiger partial charge in [0.15, 0.2) is 17.8 Å². The summed E-state index contributed by atoms with van der Waals surface area (Å²) < 4.78 is 5.05. The van der Waals surface area contributed by atoms with Gasteiger partial charge < -0.3 is 9.73 Å². The van der Waals surface area contributed by atoms with Crippen molar-refractivity contribution in [2.45, 2.75) is 20.8 Å². The molecule has 0 atom stereocenters. The molecule has 1 rings (SSSR count). The maximum Gasteiger partial charge on any atom is 0.226 e. The molecule has 1 amide bonds. The molecular formula is C13H15NO3. The number of amides is 1. The molecule has 0 spiro atoms. The highest BCUT2D eigenvalue weighted by Crippen LogP contribution is 2.11. The minimum absolute atomic E-state index is 0.0557. The van der Waals surface area contributed by atoms with Crippen LogP contribution in [0.15, 0.2) is 16.5 Å². The van der Waals surface area contributed by atoms with E-state index in [1.807, 2.05) is 20.8 Å². The van der Waals surface area contributed by atoms with Crippen LogP contribution in [0, 0.1) is 17.3 Å². The van der Waals surface area contributed by atoms with Gasteiger partial charge >= 0.3 is 0 Å². The summed E-state index contributed by atoms with van der Waals surface area (Å²) in [5, 5.41) is 2.69. The van der Waals surface area contributed by atoms with Crippen molar-refractivity contribution in [2.75, 3.05) is 6.54 Å². The first-order chi connectivity index (χ1) is 7.93. The smallest absolute Gasteiger partial charge is 0.226 e. The van der Waals surface area contributed by atoms with Crippen molar-refractivity contribution in [3.63, 3.8) is 0 Å². The molecule has 0 saturated heterocycles. The van der Waals surface area contributed by atoms with Crippen LogP contribution in [0.1, 0.15) is 37.1 Å². The van der Waals surface area contributed by atoms with Crippen molar-refractivity contribution in [1.82, 2.24) is 5.32 Å². The van der Waals surface area contributed by atoms with Crippen molar-refractivity contribution in [1.29, 1.82) is 0 Å². The maximum atomic E-state index is 11.5. The SMILES string of the molecule is CC(C)(C)C(=O)NCC#Cc1ccc(C=O)o1. The Bertz CT molecular complexity index is 469. The molecule has 0 aromatic carbocycles. The summed E-state index contributed by atoms with van der Waals surface area (Å²) in [6.07, 6.45) is 0.618. The third-order valence-corrected chi connectivity index (χ3v) is 1.97. The Morgan fingerprint density at radius 3 is 2.71 bits per heavy atom. The molecule has 0 aliphatic carbocycles. The van der Waals surface area contributed by atoms with E-state index < -0.39 is 5.41 Å². The van der Waals surface area contributed by atoms with E-state index >= 15 is 0 Å². The van der Waals surface area contributed by atoms with Gasteiger partial charge in [-0.1, -0.05) is 26.7 Å². The molecule has 0 fully saturated rings. The summed E-state index contributed by atoms with van der Waals surface area (Å²) in [5.41, 5.74) is -0.420. The molecule has 1 aromatic rings. The Morgan fingerprint density at radius 1 is 1.47 bits per heavy atom. The fourth-order valence-electron chi connectivity index (χ4n) is 1.00. The first-order valence-electron chi connectivity index (χ1n) is 5.25. The molecule has 4 heteroatoms. The van der Waals surface area contributed by atoms with Crippen LogP contribution in [-0.2, 0) is 4.79 Å². The van der Waals surface area contributed by atoms with Gasteiger partial charge in [-0.3, -0.25) is 9.59 Å². The van der Waals surface area contributed by atoms with Crippen LogP contribution >= 0.6 is 0 Å². The van der Waals surface area contributed by atoms with Crippen LogP contribution in [0.3, 0.4) is 0 Å². The lowest BCUT2D eigenvalue weighted by molar-refractivity contribution is -0.128. The Hall–Kier alpha value is -2.02. The number of nitrogens with one attached hydrogen (secondary N) is 1. The largest absolute Gasteiger partial charge is 0.445 e. The predicted octanol–water partition coefficient (Wildman–Crippen LogP) is 1.61. The van der Waals surface area contributed by atoms with Gasteiger partial charge in [-0.05, 0) is 18.1 Å². The van der Waals surface area contributed by atoms with E-state index in [9.17, 15) is 9.59 Å². The average molecular weight is 233 g/mol. The minimum atomic E-state index is -0.420. The monoisotopic (exact) mass is 233 g/mol. The Morgan fingerprint density at radius 2 is 2.18 bits per heavy atom. The zero-order valence-corrected chi connectivity index (χ0v) is 10.2. The number of aldehydes is 1. The van der Waals surface area contributed by atoms with Gasteiger partial charge in [0.25, 0.3) is 0 Å². The second-order valence-corrected chi connectivity index (χ2v) is 4.55. The van der Waals surface area contributed by atoms with Crippen molar-refractivity contribution >= 4 is 12.2 Å². The molecule has 4 nitrogen and oxygen atoms in total. The molecule has 0 bridgehead atoms. The Balaban J connectivity index is 2.47. The van der Waals surface area contributed by atoms with Gasteiger partial charge in [0, 0.05) is 5.41 Å². The zero-order chi connectivity index (χ0) is 12.9. The molecule has 0 radical (unpaired) electrons. The van der Waals surface area contributed by atoms with Gasteiger partial charge in [0.1, 0.15) is 0 Å². The number of carbonyl (C=O) groups is 2. The molecule has 1 heterocycles. The van der Waals surface area contributed by atoms with Gasteiger partial charge in [0.2, 0.25) is 5.91 Å². The highest BCUT2D eigenvalue weighted by Gasteiger charge is 2.19. The quantitative estimate of drug-likeness (QED) is 0.623. The lowest BCUT2D eigenvalue weighted by Gasteiger charge is -2.15. The van der Waals surface area contributed by atoms with E-state index in [1.54, 1.807) is 12.1 Å². The van der Waals surface area contributed by atoms with Crippen molar-refractivity contribution < 1.29 is 14.0 Å². The van der Waals surface area contributed by atoms with Crippen LogP contribution in [0.2, 0.25) is 0 Å². The van der Waals surface area contributed by atoms with Crippen molar-refractivity contribution in [2.24, 2.45) is 5.41 Å². The maximum absolute atomic E-state index is 11.5. The number of carbonyl (C=O) groups excluding carboxylic acids is 2. The summed E-state index contributed by atoms with van der Waals surface area (Å²) in [5.74, 6) is 6.07. The molecule has 0 aliphatic rings. The molecule has 0 saturated carbocycles. The van der Waals surface area contributed by atoms with Gasteiger partial charge in [-0.25, -0.2) is 0 Å². The van der Waals surface area contributed by atoms with Crippen LogP contribution in [0.25, 0.3) is 0 Å². The minimum Gasteiger partial charge on any atom is -0.445 e. The number of hydrogen-bond acceptors (Lipinski definition) is 3. The van der Waals surface area contributed by atoms with E-state index in [0.717, 1.165) is 0 Å². The lowest BCUT2D eigenvalue weighted by Crippen LogP contribution is -2.34. The standard InChI is InChI=1S/C13H15NO3/c1-13(2,3)12(16)14-8-4-5-10-6-7-11(9-15)17-10/h6-7,9H,8H2,1-3H3,(H,14,16). The number of rotatable bonds is 2. The van der Waals surface area contributed by atoms with Gasteiger partial charge in [-0.15, -0.1) is 0 Å². The Labute approximate surface area is 100 Å². The topological polar surface area (TPSA) is 59.3 Å². The summed E-state index contributed by atoms with van der Waals surface area (Å²) in [4.78, 5) is 21.8. The highest BCUT2D eigenvalue weighted by atomic mass is 16.3. The molecule has 1 aromatic heterocycles. The molecule has 17 heavy (non-hydrogen) atoms. The van der Waals surface area contributed by atoms with E-state index in [2.05, 4.69) is 17.2 Å². The summed E-state index contributed by atoms with van der Waals surface area (Å²) in [7, 11) is 0. The molecular weight excluding hydrogens is 218 g/mol.